The van der Waals surface area contributed by atoms with E-state index in [1.165, 1.54) is 12.5 Å². The minimum Gasteiger partial charge on any atom is -0.480 e. The van der Waals surface area contributed by atoms with Gasteiger partial charge in [0.05, 0.1) is 0 Å². The van der Waals surface area contributed by atoms with Crippen molar-refractivity contribution < 1.29 is 14.7 Å². The third-order valence-electron chi connectivity index (χ3n) is 2.98. The van der Waals surface area contributed by atoms with Gasteiger partial charge in [0.15, 0.2) is 0 Å². The highest BCUT2D eigenvalue weighted by atomic mass is 16.4. The zero-order valence-electron chi connectivity index (χ0n) is 11.3. The number of benzene rings is 1. The molecule has 0 spiro atoms. The van der Waals surface area contributed by atoms with Crippen molar-refractivity contribution in [1.29, 1.82) is 0 Å². The number of aliphatic carboxylic acids is 1. The number of unbranched alkanes of at least 4 members (excludes halogenated alkanes) is 2. The van der Waals surface area contributed by atoms with Gasteiger partial charge in [-0.05, 0) is 24.8 Å². The topological polar surface area (TPSA) is 66.4 Å². The van der Waals surface area contributed by atoms with Gasteiger partial charge in [-0.15, -0.1) is 0 Å². The van der Waals surface area contributed by atoms with Crippen molar-refractivity contribution in [2.24, 2.45) is 0 Å². The lowest BCUT2D eigenvalue weighted by Crippen LogP contribution is -2.39. The predicted molar refractivity (Wildman–Crippen MR) is 73.9 cm³/mol. The van der Waals surface area contributed by atoms with E-state index in [2.05, 4.69) is 17.4 Å². The van der Waals surface area contributed by atoms with E-state index in [0.717, 1.165) is 25.7 Å². The first kappa shape index (κ1) is 15.2. The molecule has 0 aliphatic carbocycles. The number of nitrogens with one attached hydrogen (secondary N) is 1. The average Bonchev–Trinajstić information content (AvgIpc) is 2.37. The summed E-state index contributed by atoms with van der Waals surface area (Å²) in [4.78, 5) is 21.8. The molecule has 0 bridgehead atoms. The van der Waals surface area contributed by atoms with Crippen LogP contribution in [-0.4, -0.2) is 23.0 Å². The molecule has 4 heteroatoms. The van der Waals surface area contributed by atoms with E-state index >= 15 is 0 Å². The van der Waals surface area contributed by atoms with Crippen molar-refractivity contribution in [3.05, 3.63) is 35.9 Å². The van der Waals surface area contributed by atoms with Crippen LogP contribution in [0.1, 0.15) is 38.2 Å². The van der Waals surface area contributed by atoms with Crippen LogP contribution in [0.25, 0.3) is 0 Å². The van der Waals surface area contributed by atoms with Gasteiger partial charge in [0.2, 0.25) is 5.91 Å². The Morgan fingerprint density at radius 2 is 1.84 bits per heavy atom. The molecule has 104 valence electrons. The van der Waals surface area contributed by atoms with Crippen LogP contribution in [0.15, 0.2) is 30.3 Å². The predicted octanol–water partition coefficient (Wildman–Crippen LogP) is 2.38. The summed E-state index contributed by atoms with van der Waals surface area (Å²) < 4.78 is 0. The van der Waals surface area contributed by atoms with Crippen molar-refractivity contribution in [2.75, 3.05) is 0 Å². The van der Waals surface area contributed by atoms with Crippen LogP contribution in [0.3, 0.4) is 0 Å². The number of carboxylic acid groups (broad SMARTS) is 1. The van der Waals surface area contributed by atoms with Crippen LogP contribution in [0, 0.1) is 0 Å². The Morgan fingerprint density at radius 1 is 1.16 bits per heavy atom. The van der Waals surface area contributed by atoms with Gasteiger partial charge in [-0.1, -0.05) is 43.2 Å². The summed E-state index contributed by atoms with van der Waals surface area (Å²) in [6, 6.07) is 9.47. The summed E-state index contributed by atoms with van der Waals surface area (Å²) >= 11 is 0. The first-order chi connectivity index (χ1) is 9.09. The van der Waals surface area contributed by atoms with E-state index in [0.29, 0.717) is 6.42 Å². The highest BCUT2D eigenvalue weighted by Crippen LogP contribution is 2.09. The molecule has 0 unspecified atom stereocenters. The lowest BCUT2D eigenvalue weighted by molar-refractivity contribution is -0.141. The molecule has 0 fully saturated rings. The van der Waals surface area contributed by atoms with E-state index in [1.807, 2.05) is 18.2 Å². The molecular formula is C15H21NO3. The Balaban J connectivity index is 2.18. The van der Waals surface area contributed by atoms with Gasteiger partial charge in [-0.25, -0.2) is 4.79 Å². The minimum absolute atomic E-state index is 0.295. The summed E-state index contributed by atoms with van der Waals surface area (Å²) in [5.41, 5.74) is 1.30. The molecule has 1 rings (SSSR count). The summed E-state index contributed by atoms with van der Waals surface area (Å²) in [7, 11) is 0. The van der Waals surface area contributed by atoms with Gasteiger partial charge >= 0.3 is 5.97 Å². The van der Waals surface area contributed by atoms with Crippen molar-refractivity contribution in [3.8, 4) is 0 Å². The largest absolute Gasteiger partial charge is 0.480 e. The van der Waals surface area contributed by atoms with E-state index < -0.39 is 12.0 Å². The molecule has 1 aromatic rings. The molecule has 0 heterocycles. The van der Waals surface area contributed by atoms with Gasteiger partial charge in [-0.3, -0.25) is 4.79 Å². The molecule has 2 N–H and O–H groups in total. The molecule has 0 saturated heterocycles. The Labute approximate surface area is 113 Å². The van der Waals surface area contributed by atoms with Crippen LogP contribution < -0.4 is 5.32 Å². The standard InChI is InChI=1S/C15H21NO3/c1-12(17)16-14(15(18)19)11-7-3-6-10-13-8-4-2-5-9-13/h2,4-5,8-9,14H,3,6-7,10-11H2,1H3,(H,16,17)(H,18,19)/t14-/m0/s1. The smallest absolute Gasteiger partial charge is 0.326 e. The first-order valence-electron chi connectivity index (χ1n) is 6.63. The SMILES string of the molecule is CC(=O)N[C@@H](CCCCCc1ccccc1)C(=O)O. The van der Waals surface area contributed by atoms with E-state index in [4.69, 9.17) is 5.11 Å². The van der Waals surface area contributed by atoms with E-state index in [9.17, 15) is 9.59 Å². The molecule has 1 atom stereocenters. The monoisotopic (exact) mass is 263 g/mol. The second-order valence-electron chi connectivity index (χ2n) is 4.68. The fourth-order valence-electron chi connectivity index (χ4n) is 2.00. The normalized spacial score (nSPS) is 11.8. The fraction of sp³-hybridized carbons (Fsp3) is 0.467. The zero-order chi connectivity index (χ0) is 14.1. The summed E-state index contributed by atoms with van der Waals surface area (Å²) in [6.45, 7) is 1.34. The fourth-order valence-corrected chi connectivity index (χ4v) is 2.00. The van der Waals surface area contributed by atoms with Gasteiger partial charge in [0, 0.05) is 6.92 Å². The molecule has 4 nitrogen and oxygen atoms in total. The molecule has 1 amide bonds. The van der Waals surface area contributed by atoms with Crippen molar-refractivity contribution in [1.82, 2.24) is 5.32 Å². The van der Waals surface area contributed by atoms with Crippen LogP contribution in [0.2, 0.25) is 0 Å². The number of hydrogen-bond acceptors (Lipinski definition) is 2. The highest BCUT2D eigenvalue weighted by Gasteiger charge is 2.17. The van der Waals surface area contributed by atoms with E-state index in [1.54, 1.807) is 0 Å². The first-order valence-corrected chi connectivity index (χ1v) is 6.63. The number of aryl methyl sites for hydroxylation is 1. The van der Waals surface area contributed by atoms with Crippen molar-refractivity contribution >= 4 is 11.9 Å². The van der Waals surface area contributed by atoms with Gasteiger partial charge in [0.1, 0.15) is 6.04 Å². The number of carboxylic acids is 1. The summed E-state index contributed by atoms with van der Waals surface area (Å²) in [6.07, 6.45) is 4.32. The third-order valence-corrected chi connectivity index (χ3v) is 2.98. The number of carbonyl (C=O) groups is 2. The molecule has 1 aromatic carbocycles. The van der Waals surface area contributed by atoms with Gasteiger partial charge in [-0.2, -0.15) is 0 Å². The molecule has 0 saturated carbocycles. The Bertz CT molecular complexity index is 403. The molecule has 19 heavy (non-hydrogen) atoms. The number of rotatable bonds is 8. The summed E-state index contributed by atoms with van der Waals surface area (Å²) in [5.74, 6) is -1.25. The lowest BCUT2D eigenvalue weighted by atomic mass is 10.0. The minimum atomic E-state index is -0.960. The number of hydrogen-bond donors (Lipinski definition) is 2. The molecule has 0 aromatic heterocycles. The maximum absolute atomic E-state index is 10.9. The van der Waals surface area contributed by atoms with Crippen molar-refractivity contribution in [3.63, 3.8) is 0 Å². The third kappa shape index (κ3) is 6.60. The summed E-state index contributed by atoms with van der Waals surface area (Å²) in [5, 5.41) is 11.4. The highest BCUT2D eigenvalue weighted by molar-refractivity contribution is 5.81. The molecule has 0 aliphatic heterocycles. The van der Waals surface area contributed by atoms with Gasteiger partial charge in [0.25, 0.3) is 0 Å². The maximum atomic E-state index is 10.9. The molecule has 0 aliphatic rings. The zero-order valence-corrected chi connectivity index (χ0v) is 11.3. The Kier molecular flexibility index (Phi) is 6.64. The maximum Gasteiger partial charge on any atom is 0.326 e. The Morgan fingerprint density at radius 3 is 2.42 bits per heavy atom. The van der Waals surface area contributed by atoms with Crippen molar-refractivity contribution in [2.45, 2.75) is 45.1 Å². The molecule has 0 radical (unpaired) electrons. The van der Waals surface area contributed by atoms with E-state index in [-0.39, 0.29) is 5.91 Å². The number of amides is 1. The second kappa shape index (κ2) is 8.29. The van der Waals surface area contributed by atoms with Crippen LogP contribution >= 0.6 is 0 Å². The van der Waals surface area contributed by atoms with Crippen LogP contribution in [0.4, 0.5) is 0 Å². The molecular weight excluding hydrogens is 242 g/mol. The van der Waals surface area contributed by atoms with Crippen LogP contribution in [0.5, 0.6) is 0 Å². The second-order valence-corrected chi connectivity index (χ2v) is 4.68. The quantitative estimate of drug-likeness (QED) is 0.708. The number of carbonyl (C=O) groups excluding carboxylic acids is 1. The average molecular weight is 263 g/mol. The van der Waals surface area contributed by atoms with Crippen LogP contribution in [-0.2, 0) is 16.0 Å². The lowest BCUT2D eigenvalue weighted by Gasteiger charge is -2.12. The Hall–Kier alpha value is -1.84. The van der Waals surface area contributed by atoms with Gasteiger partial charge < -0.3 is 10.4 Å².